The summed E-state index contributed by atoms with van der Waals surface area (Å²) in [6, 6.07) is 3.32. The maximum Gasteiger partial charge on any atom is 0.492 e. The molecule has 0 aliphatic carbocycles. The second-order valence-electron chi connectivity index (χ2n) is 6.43. The lowest BCUT2D eigenvalue weighted by Gasteiger charge is -2.32. The van der Waals surface area contributed by atoms with Gasteiger partial charge in [0.1, 0.15) is 5.69 Å². The van der Waals surface area contributed by atoms with Gasteiger partial charge in [-0.15, -0.1) is 0 Å². The van der Waals surface area contributed by atoms with Crippen LogP contribution in [0.4, 0.5) is 0 Å². The fourth-order valence-corrected chi connectivity index (χ4v) is 2.15. The van der Waals surface area contributed by atoms with Gasteiger partial charge < -0.3 is 19.2 Å². The zero-order valence-corrected chi connectivity index (χ0v) is 14.1. The van der Waals surface area contributed by atoms with Gasteiger partial charge in [-0.3, -0.25) is 0 Å². The lowest BCUT2D eigenvalue weighted by molar-refractivity contribution is 0.00578. The van der Waals surface area contributed by atoms with Gasteiger partial charge in [-0.2, -0.15) is 0 Å². The number of hydrogen-bond donors (Lipinski definition) is 1. The molecule has 1 saturated heterocycles. The summed E-state index contributed by atoms with van der Waals surface area (Å²) in [7, 11) is 0.663. The first kappa shape index (κ1) is 17.7. The monoisotopic (exact) mass is 319 g/mol. The molecule has 23 heavy (non-hydrogen) atoms. The summed E-state index contributed by atoms with van der Waals surface area (Å²) in [6.45, 7) is 7.58. The van der Waals surface area contributed by atoms with Crippen LogP contribution in [0.25, 0.3) is 6.08 Å². The number of aliphatic hydroxyl groups excluding tert-OH is 1. The molecule has 6 nitrogen and oxygen atoms in total. The third-order valence-corrected chi connectivity index (χ3v) is 4.27. The lowest BCUT2D eigenvalue weighted by Crippen LogP contribution is -2.41. The quantitative estimate of drug-likeness (QED) is 0.674. The van der Waals surface area contributed by atoms with Crippen LogP contribution in [0.15, 0.2) is 23.8 Å². The topological polar surface area (TPSA) is 77.9 Å². The number of ether oxygens (including phenoxy) is 1. The highest BCUT2D eigenvalue weighted by atomic mass is 16.7. The van der Waals surface area contributed by atoms with Gasteiger partial charge in [-0.1, -0.05) is 6.08 Å². The van der Waals surface area contributed by atoms with Crippen molar-refractivity contribution in [3.8, 4) is 0 Å². The predicted octanol–water partition coefficient (Wildman–Crippen LogP) is 1.88. The van der Waals surface area contributed by atoms with Gasteiger partial charge in [0.15, 0.2) is 0 Å². The highest BCUT2D eigenvalue weighted by Crippen LogP contribution is 2.38. The molecule has 2 heterocycles. The molecule has 0 amide bonds. The minimum absolute atomic E-state index is 0.201. The largest absolute Gasteiger partial charge is 0.492 e. The van der Waals surface area contributed by atoms with Crippen LogP contribution < -0.4 is 0 Å². The number of carbonyl (C=O) groups excluding carboxylic acids is 1. The summed E-state index contributed by atoms with van der Waals surface area (Å²) in [5, 5.41) is 9.68. The molecular formula is C16H22BNO5. The zero-order chi connectivity index (χ0) is 17.3. The Bertz CT molecular complexity index is 611. The normalized spacial score (nSPS) is 19.7. The third-order valence-electron chi connectivity index (χ3n) is 4.27. The first-order valence-electron chi connectivity index (χ1n) is 7.41. The van der Waals surface area contributed by atoms with Crippen LogP contribution in [-0.2, 0) is 14.0 Å². The summed E-state index contributed by atoms with van der Waals surface area (Å²) in [6.07, 6.45) is 3.24. The summed E-state index contributed by atoms with van der Waals surface area (Å²) in [4.78, 5) is 15.5. The van der Waals surface area contributed by atoms with E-state index in [9.17, 15) is 9.90 Å². The molecule has 1 aliphatic heterocycles. The molecular weight excluding hydrogens is 297 g/mol. The Morgan fingerprint density at radius 3 is 2.48 bits per heavy atom. The van der Waals surface area contributed by atoms with Gasteiger partial charge in [-0.25, -0.2) is 9.78 Å². The van der Waals surface area contributed by atoms with Crippen molar-refractivity contribution < 1.29 is 23.9 Å². The van der Waals surface area contributed by atoms with E-state index in [2.05, 4.69) is 9.72 Å². The number of pyridine rings is 1. The van der Waals surface area contributed by atoms with Crippen LogP contribution in [0, 0.1) is 0 Å². The van der Waals surface area contributed by atoms with Crippen molar-refractivity contribution >= 4 is 19.2 Å². The fourth-order valence-electron chi connectivity index (χ4n) is 2.15. The van der Waals surface area contributed by atoms with Crippen LogP contribution in [0.2, 0.25) is 0 Å². The van der Waals surface area contributed by atoms with E-state index < -0.39 is 24.3 Å². The Labute approximate surface area is 136 Å². The van der Waals surface area contributed by atoms with Crippen molar-refractivity contribution in [2.24, 2.45) is 0 Å². The maximum atomic E-state index is 11.5. The predicted molar refractivity (Wildman–Crippen MR) is 86.7 cm³/mol. The minimum atomic E-state index is -0.639. The second-order valence-corrected chi connectivity index (χ2v) is 6.43. The van der Waals surface area contributed by atoms with Gasteiger partial charge in [0, 0.05) is 6.20 Å². The molecule has 7 heteroatoms. The Balaban J connectivity index is 2.28. The zero-order valence-electron chi connectivity index (χ0n) is 14.1. The average Bonchev–Trinajstić information content (AvgIpc) is 2.72. The van der Waals surface area contributed by atoms with Crippen molar-refractivity contribution in [2.75, 3.05) is 13.7 Å². The molecule has 0 radical (unpaired) electrons. The van der Waals surface area contributed by atoms with Crippen molar-refractivity contribution in [1.82, 2.24) is 4.98 Å². The summed E-state index contributed by atoms with van der Waals surface area (Å²) in [5.41, 5.74) is 0.514. The number of aliphatic hydroxyl groups is 1. The minimum Gasteiger partial charge on any atom is -0.464 e. The van der Waals surface area contributed by atoms with Crippen molar-refractivity contribution in [1.29, 1.82) is 0 Å². The molecule has 0 unspecified atom stereocenters. The summed E-state index contributed by atoms with van der Waals surface area (Å²) >= 11 is 0. The van der Waals surface area contributed by atoms with Crippen molar-refractivity contribution in [3.05, 3.63) is 35.1 Å². The van der Waals surface area contributed by atoms with E-state index in [-0.39, 0.29) is 12.3 Å². The van der Waals surface area contributed by atoms with Crippen LogP contribution in [0.3, 0.4) is 0 Å². The van der Waals surface area contributed by atoms with Crippen LogP contribution in [-0.4, -0.2) is 48.1 Å². The molecule has 1 fully saturated rings. The Morgan fingerprint density at radius 1 is 1.35 bits per heavy atom. The molecule has 1 aromatic heterocycles. The number of esters is 1. The van der Waals surface area contributed by atoms with Gasteiger partial charge in [0.2, 0.25) is 0 Å². The Morgan fingerprint density at radius 2 is 1.96 bits per heavy atom. The number of carbonyl (C=O) groups is 1. The van der Waals surface area contributed by atoms with Gasteiger partial charge in [-0.05, 0) is 50.9 Å². The molecule has 2 rings (SSSR count). The van der Waals surface area contributed by atoms with E-state index in [0.29, 0.717) is 11.0 Å². The first-order valence-corrected chi connectivity index (χ1v) is 7.41. The molecule has 124 valence electrons. The number of hydrogen-bond acceptors (Lipinski definition) is 6. The second kappa shape index (κ2) is 6.43. The summed E-state index contributed by atoms with van der Waals surface area (Å²) in [5.74, 6) is -0.513. The van der Waals surface area contributed by atoms with Crippen molar-refractivity contribution in [2.45, 2.75) is 38.9 Å². The lowest BCUT2D eigenvalue weighted by atomic mass is 9.77. The molecule has 1 N–H and O–H groups in total. The third kappa shape index (κ3) is 3.63. The average molecular weight is 319 g/mol. The van der Waals surface area contributed by atoms with Crippen molar-refractivity contribution in [3.63, 3.8) is 0 Å². The molecule has 1 aliphatic rings. The summed E-state index contributed by atoms with van der Waals surface area (Å²) < 4.78 is 16.5. The van der Waals surface area contributed by atoms with E-state index >= 15 is 0 Å². The fraction of sp³-hybridized carbons (Fsp3) is 0.500. The smallest absolute Gasteiger partial charge is 0.464 e. The van der Waals surface area contributed by atoms with E-state index in [1.807, 2.05) is 27.7 Å². The van der Waals surface area contributed by atoms with Gasteiger partial charge >= 0.3 is 13.1 Å². The van der Waals surface area contributed by atoms with E-state index in [0.717, 1.165) is 0 Å². The molecule has 0 bridgehead atoms. The Hall–Kier alpha value is -1.70. The van der Waals surface area contributed by atoms with Crippen LogP contribution >= 0.6 is 0 Å². The van der Waals surface area contributed by atoms with Gasteiger partial charge in [0.25, 0.3) is 0 Å². The molecule has 1 aromatic rings. The van der Waals surface area contributed by atoms with Crippen LogP contribution in [0.1, 0.15) is 43.7 Å². The van der Waals surface area contributed by atoms with E-state index in [1.54, 1.807) is 18.2 Å². The van der Waals surface area contributed by atoms with Crippen LogP contribution in [0.5, 0.6) is 0 Å². The number of nitrogens with zero attached hydrogens (tertiary/aromatic N) is 1. The Kier molecular flexibility index (Phi) is 4.94. The maximum absolute atomic E-state index is 11.5. The number of methoxy groups -OCH3 is 1. The van der Waals surface area contributed by atoms with E-state index in [1.165, 1.54) is 13.3 Å². The first-order chi connectivity index (χ1) is 10.7. The number of rotatable bonds is 4. The molecule has 0 saturated carbocycles. The molecule has 0 spiro atoms. The molecule has 0 atom stereocenters. The SMILES string of the molecule is COC(=O)c1cc(C=C(CO)B2OC(C)(C)C(C)(C)O2)ccn1. The van der Waals surface area contributed by atoms with E-state index in [4.69, 9.17) is 9.31 Å². The molecule has 0 aromatic carbocycles. The number of aromatic nitrogens is 1. The highest BCUT2D eigenvalue weighted by molar-refractivity contribution is 6.55. The highest BCUT2D eigenvalue weighted by Gasteiger charge is 2.52. The standard InChI is InChI=1S/C16H22BNO5/c1-15(2)16(3,4)23-17(22-15)12(10-19)8-11-6-7-18-13(9-11)14(20)21-5/h6-9,19H,10H2,1-5H3. The van der Waals surface area contributed by atoms with Gasteiger partial charge in [0.05, 0.1) is 24.9 Å².